The van der Waals surface area contributed by atoms with Crippen molar-refractivity contribution in [2.75, 3.05) is 133 Å². The van der Waals surface area contributed by atoms with Gasteiger partial charge in [0, 0.05) is 127 Å². The van der Waals surface area contributed by atoms with Crippen LogP contribution in [0.1, 0.15) is 466 Å². The molecule has 0 spiro atoms. The molecule has 0 radical (unpaired) electrons. The Balaban J connectivity index is -0.0000000954. The van der Waals surface area contributed by atoms with E-state index in [1.807, 2.05) is 118 Å². The lowest BCUT2D eigenvalue weighted by molar-refractivity contribution is -0.0573. The summed E-state index contributed by atoms with van der Waals surface area (Å²) in [5.41, 5.74) is 0.557. The van der Waals surface area contributed by atoms with Crippen molar-refractivity contribution in [3.63, 3.8) is 0 Å². The molecule has 0 aromatic carbocycles. The van der Waals surface area contributed by atoms with Crippen molar-refractivity contribution >= 4 is 0 Å². The molecule has 1 atom stereocenters. The quantitative estimate of drug-likeness (QED) is 0.0541. The summed E-state index contributed by atoms with van der Waals surface area (Å²) in [5.74, 6) is 1.78. The lowest BCUT2D eigenvalue weighted by Crippen LogP contribution is -2.26. The highest BCUT2D eigenvalue weighted by Gasteiger charge is 2.19. The van der Waals surface area contributed by atoms with Crippen molar-refractivity contribution in [1.29, 1.82) is 0 Å². The maximum Gasteiger partial charge on any atom is 0.0627 e. The Morgan fingerprint density at radius 3 is 0.756 bits per heavy atom. The fraction of sp³-hybridized carbons (Fsp3) is 1.00. The smallest absolute Gasteiger partial charge is 0.0627 e. The highest BCUT2D eigenvalue weighted by molar-refractivity contribution is 4.70. The molecule has 4 aliphatic carbocycles. The average molecular weight is 1790 g/mol. The van der Waals surface area contributed by atoms with E-state index in [0.29, 0.717) is 66.5 Å². The van der Waals surface area contributed by atoms with Crippen LogP contribution in [0.25, 0.3) is 0 Å². The Morgan fingerprint density at radius 1 is 0.285 bits per heavy atom. The minimum Gasteiger partial charge on any atom is -0.385 e. The molecular formula is C106H238O17. The Bertz CT molecular complexity index is 1700. The molecule has 4 rings (SSSR count). The van der Waals surface area contributed by atoms with Crippen LogP contribution in [0.15, 0.2) is 0 Å². The molecule has 0 heterocycles. The summed E-state index contributed by atoms with van der Waals surface area (Å²) in [7, 11) is 3.38. The molecule has 0 aromatic heterocycles. The third kappa shape index (κ3) is 186. The number of rotatable bonds is 37. The van der Waals surface area contributed by atoms with Gasteiger partial charge >= 0.3 is 0 Å². The first kappa shape index (κ1) is 151. The zero-order chi connectivity index (χ0) is 98.4. The van der Waals surface area contributed by atoms with E-state index in [0.717, 1.165) is 163 Å². The summed E-state index contributed by atoms with van der Waals surface area (Å²) in [6.45, 7) is 111. The maximum absolute atomic E-state index is 5.59. The van der Waals surface area contributed by atoms with Crippen molar-refractivity contribution < 1.29 is 80.5 Å². The van der Waals surface area contributed by atoms with Gasteiger partial charge in [0.2, 0.25) is 0 Å². The first-order chi connectivity index (χ1) is 57.4. The van der Waals surface area contributed by atoms with E-state index < -0.39 is 0 Å². The van der Waals surface area contributed by atoms with E-state index >= 15 is 0 Å². The molecule has 0 bridgehead atoms. The van der Waals surface area contributed by atoms with Crippen molar-refractivity contribution in [3.8, 4) is 0 Å². The van der Waals surface area contributed by atoms with Gasteiger partial charge in [-0.05, 0) is 364 Å². The van der Waals surface area contributed by atoms with Crippen molar-refractivity contribution in [1.82, 2.24) is 0 Å². The molecule has 17 heteroatoms. The van der Waals surface area contributed by atoms with E-state index in [4.69, 9.17) is 75.8 Å². The number of ether oxygens (including phenoxy) is 17. The van der Waals surface area contributed by atoms with Crippen LogP contribution in [-0.2, 0) is 80.5 Å². The monoisotopic (exact) mass is 1780 g/mol. The first-order valence-corrected chi connectivity index (χ1v) is 50.6. The van der Waals surface area contributed by atoms with Gasteiger partial charge in [-0.2, -0.15) is 0 Å². The Morgan fingerprint density at radius 2 is 0.610 bits per heavy atom. The largest absolute Gasteiger partial charge is 0.385 e. The van der Waals surface area contributed by atoms with Gasteiger partial charge in [-0.15, -0.1) is 0 Å². The molecule has 123 heavy (non-hydrogen) atoms. The van der Waals surface area contributed by atoms with Gasteiger partial charge in [-0.1, -0.05) is 120 Å². The van der Waals surface area contributed by atoms with Crippen molar-refractivity contribution in [2.24, 2.45) is 17.3 Å². The van der Waals surface area contributed by atoms with E-state index in [9.17, 15) is 0 Å². The Hall–Kier alpha value is -0.680. The van der Waals surface area contributed by atoms with Gasteiger partial charge in [0.15, 0.2) is 0 Å². The zero-order valence-electron chi connectivity index (χ0n) is 93.4. The standard InChI is InChI=1S/C9H18O.2C8H16O.C8H18O.C7H14O.4C7H16O.2C6H14O.3C5H12O.2C4H10O.C3H8O/c1-2-10-8-9-6-4-3-5-7-9;1-2-9-7-8-5-3-4-6-8;1-2-9-8-6-4-3-5-7-8;1-6-8(4,5)9-7(2)3;1-2-8-7-5-3-4-6-7;1-6(2)8-7(3,4)5;1-5-8-6-7(2,3)4;1-5-7(3,4)8-6-2;1-5-7(4)8-6(2)3;1-5-7-6(2,3)4;1-4-5-7-6(2)3;2*1-4-6-5(2)3;1-3-5-6-4-2;1-4(2)5-3;1-3-5-4-2;1-3-4-2/h9H,2-8H2,1H3;2*8H,2-7H2,1H3;7H,6H2,1-5H3;7H,2-6H2,1H3;6H,1-5H3;2*5-6H2,1-4H3;6-7H,5H2,1-4H3;5H2,1-4H3;6H,4-5H2,1-3H3;2*5H,4H2,1-3H3;3-5H2,1-2H3;4H,1-3H3;3-4H2,1-2H3;3H2,1-2H3. The van der Waals surface area contributed by atoms with Crippen LogP contribution in [0, 0.1) is 17.3 Å². The second-order valence-electron chi connectivity index (χ2n) is 37.1. The topological polar surface area (TPSA) is 157 Å². The van der Waals surface area contributed by atoms with Gasteiger partial charge in [0.25, 0.3) is 0 Å². The fourth-order valence-electron chi connectivity index (χ4n) is 10.7. The second kappa shape index (κ2) is 115. The van der Waals surface area contributed by atoms with E-state index in [1.165, 1.54) is 116 Å². The molecule has 0 saturated heterocycles. The van der Waals surface area contributed by atoms with Crippen LogP contribution < -0.4 is 0 Å². The van der Waals surface area contributed by atoms with Crippen molar-refractivity contribution in [2.45, 2.75) is 550 Å². The highest BCUT2D eigenvalue weighted by atomic mass is 16.5. The number of hydrogen-bond donors (Lipinski definition) is 0. The number of methoxy groups -OCH3 is 2. The highest BCUT2D eigenvalue weighted by Crippen LogP contribution is 2.26. The van der Waals surface area contributed by atoms with Gasteiger partial charge in [-0.25, -0.2) is 0 Å². The normalized spacial score (nSPS) is 14.3. The van der Waals surface area contributed by atoms with Crippen LogP contribution in [0.4, 0.5) is 0 Å². The summed E-state index contributed by atoms with van der Waals surface area (Å²) >= 11 is 0. The van der Waals surface area contributed by atoms with Crippen molar-refractivity contribution in [3.05, 3.63) is 0 Å². The third-order valence-electron chi connectivity index (χ3n) is 17.1. The molecule has 4 aliphatic rings. The molecule has 4 fully saturated rings. The van der Waals surface area contributed by atoms with Crippen LogP contribution in [0.2, 0.25) is 0 Å². The van der Waals surface area contributed by atoms with Gasteiger partial charge in [-0.3, -0.25) is 0 Å². The summed E-state index contributed by atoms with van der Waals surface area (Å²) in [6.07, 6.45) is 34.7. The molecule has 764 valence electrons. The van der Waals surface area contributed by atoms with Gasteiger partial charge in [0.1, 0.15) is 0 Å². The summed E-state index contributed by atoms with van der Waals surface area (Å²) in [4.78, 5) is 0. The summed E-state index contributed by atoms with van der Waals surface area (Å²) < 4.78 is 88.2. The zero-order valence-corrected chi connectivity index (χ0v) is 93.4. The lowest BCUT2D eigenvalue weighted by Gasteiger charge is -2.25. The van der Waals surface area contributed by atoms with Crippen LogP contribution >= 0.6 is 0 Å². The third-order valence-corrected chi connectivity index (χ3v) is 17.1. The number of hydrogen-bond acceptors (Lipinski definition) is 17. The summed E-state index contributed by atoms with van der Waals surface area (Å²) in [6, 6.07) is 0. The SMILES string of the molecule is CC(C)OC(C)(C)C.CCC(C)(C)OC(C)C.CCC(C)OC(C)C.CCCOC(C)C.CCCOCC.CCOC.CCOC(C)(C)C.CCOC(C)(C)CC.CCOC(C)C.CCOC(C)C.CCOC1CCCC1.CCOC1CCCCC1.CCOCC.CCOCC(C)(C)C.CCOCC1CCCC1.CCOCC1CCCCC1.COC(C)C. The van der Waals surface area contributed by atoms with Gasteiger partial charge < -0.3 is 80.5 Å². The summed E-state index contributed by atoms with van der Waals surface area (Å²) in [5, 5.41) is 0. The average Bonchev–Trinajstić information content (AvgIpc) is 1.58. The predicted molar refractivity (Wildman–Crippen MR) is 543 cm³/mol. The fourth-order valence-corrected chi connectivity index (χ4v) is 10.7. The molecule has 0 N–H and O–H groups in total. The Labute approximate surface area is 776 Å². The Kier molecular flexibility index (Phi) is 141. The van der Waals surface area contributed by atoms with E-state index in [1.54, 1.807) is 14.2 Å². The van der Waals surface area contributed by atoms with E-state index in [2.05, 4.69) is 206 Å². The van der Waals surface area contributed by atoms with Crippen LogP contribution in [0.3, 0.4) is 0 Å². The molecule has 4 saturated carbocycles. The lowest BCUT2D eigenvalue weighted by atomic mass is 9.90. The second-order valence-corrected chi connectivity index (χ2v) is 37.1. The minimum atomic E-state index is 0.0220. The molecule has 0 amide bonds. The molecule has 0 aliphatic heterocycles. The van der Waals surface area contributed by atoms with E-state index in [-0.39, 0.29) is 22.4 Å². The predicted octanol–water partition coefficient (Wildman–Crippen LogP) is 31.1. The molecular weight excluding hydrogens is 1550 g/mol. The van der Waals surface area contributed by atoms with Crippen LogP contribution in [-0.4, -0.2) is 217 Å². The first-order valence-electron chi connectivity index (χ1n) is 50.6. The molecule has 1 unspecified atom stereocenters. The minimum absolute atomic E-state index is 0.0220. The molecule has 17 nitrogen and oxygen atoms in total. The van der Waals surface area contributed by atoms with Crippen LogP contribution in [0.5, 0.6) is 0 Å². The molecule has 0 aromatic rings. The maximum atomic E-state index is 5.59. The van der Waals surface area contributed by atoms with Gasteiger partial charge in [0.05, 0.1) is 90.1 Å².